The third kappa shape index (κ3) is 22.2. The minimum Gasteiger partial charge on any atom is -0.481 e. The summed E-state index contributed by atoms with van der Waals surface area (Å²) in [5.41, 5.74) is -2.74. The third-order valence-corrected chi connectivity index (χ3v) is 5.55. The number of aliphatic hydroxyl groups is 16. The first-order valence-electron chi connectivity index (χ1n) is 13.1. The number of hydrogen-bond donors (Lipinski definition) is 19. The Hall–Kier alpha value is -3.22. The Morgan fingerprint density at radius 3 is 0.776 bits per heavy atom. The molecular formula is C24H44O25. The van der Waals surface area contributed by atoms with Gasteiger partial charge in [-0.2, -0.15) is 0 Å². The van der Waals surface area contributed by atoms with Crippen molar-refractivity contribution in [2.24, 2.45) is 0 Å². The first-order valence-corrected chi connectivity index (χ1v) is 13.1. The molecule has 0 amide bonds. The quantitative estimate of drug-likeness (QED) is 0.0516. The maximum absolute atomic E-state index is 10.3. The molecule has 25 nitrogen and oxygen atoms in total. The molecule has 0 aliphatic carbocycles. The molecule has 0 aliphatic rings. The molecule has 0 bridgehead atoms. The van der Waals surface area contributed by atoms with E-state index in [9.17, 15) is 28.8 Å². The highest BCUT2D eigenvalue weighted by molar-refractivity contribution is 5.88. The fraction of sp³-hybridized carbons (Fsp3) is 0.750. The van der Waals surface area contributed by atoms with E-state index in [0.29, 0.717) is 0 Å². The van der Waals surface area contributed by atoms with Crippen LogP contribution in [0.3, 0.4) is 0 Å². The van der Waals surface area contributed by atoms with Crippen molar-refractivity contribution in [1.29, 1.82) is 0 Å². The van der Waals surface area contributed by atoms with Crippen molar-refractivity contribution < 1.29 is 126 Å². The molecule has 25 heteroatoms. The fourth-order valence-corrected chi connectivity index (χ4v) is 2.57. The van der Waals surface area contributed by atoms with Gasteiger partial charge < -0.3 is 111 Å². The van der Waals surface area contributed by atoms with Gasteiger partial charge in [-0.25, -0.2) is 4.79 Å². The maximum Gasteiger partial charge on any atom is 0.336 e. The van der Waals surface area contributed by atoms with Gasteiger partial charge in [-0.1, -0.05) is 0 Å². The lowest BCUT2D eigenvalue weighted by Crippen LogP contribution is -2.46. The number of carbonyl (C=O) groups is 6. The van der Waals surface area contributed by atoms with E-state index in [1.807, 2.05) is 0 Å². The van der Waals surface area contributed by atoms with Gasteiger partial charge in [0, 0.05) is 0 Å². The van der Waals surface area contributed by atoms with Crippen LogP contribution in [0.25, 0.3) is 0 Å². The SMILES string of the molecule is O=C(O)CC(O)(CC(=O)O)C(=O)O.O=C[C@H](O)[C@@H](O)[C@H](O)[C@H](O)CO.O=C[C@H](O)[C@@H](O)[C@H](O)[C@H](O)CO.O=C[C@H](O)[C@@H](O)[C@H](O)[C@H](O)CO. The molecule has 0 aromatic heterocycles. The summed E-state index contributed by atoms with van der Waals surface area (Å²) in [6.07, 6.45) is -22.8. The van der Waals surface area contributed by atoms with Crippen molar-refractivity contribution in [2.75, 3.05) is 19.8 Å². The lowest BCUT2D eigenvalue weighted by molar-refractivity contribution is -0.170. The van der Waals surface area contributed by atoms with E-state index < -0.39 is 129 Å². The zero-order valence-corrected chi connectivity index (χ0v) is 25.1. The highest BCUT2D eigenvalue weighted by atomic mass is 16.4. The molecule has 0 rings (SSSR count). The molecular weight excluding hydrogens is 688 g/mol. The van der Waals surface area contributed by atoms with E-state index in [4.69, 9.17) is 97.0 Å². The second-order valence-corrected chi connectivity index (χ2v) is 9.55. The minimum absolute atomic E-state index is 0.0258. The first kappa shape index (κ1) is 52.6. The van der Waals surface area contributed by atoms with Crippen LogP contribution in [0.2, 0.25) is 0 Å². The van der Waals surface area contributed by atoms with E-state index in [-0.39, 0.29) is 18.9 Å². The van der Waals surface area contributed by atoms with Gasteiger partial charge in [0.05, 0.1) is 32.7 Å². The molecule has 19 N–H and O–H groups in total. The predicted octanol–water partition coefficient (Wildman–Crippen LogP) is -11.4. The topological polar surface area (TPSA) is 487 Å². The number of aliphatic hydroxyl groups excluding tert-OH is 15. The Balaban J connectivity index is -0.000000276. The summed E-state index contributed by atoms with van der Waals surface area (Å²) >= 11 is 0. The standard InChI is InChI=1S/C6H8O7.3C6H12O6/c7-3(8)1-6(13,5(11)12)2-4(9)10;3*7-1-3(9)5(11)6(12)4(10)2-8/h13H,1-2H2,(H,7,8)(H,9,10)(H,11,12);3*1,3-6,8-12H,2H2/t;3*3-,4+,5+,6+/m.000/s1. The molecule has 290 valence electrons. The maximum atomic E-state index is 10.3. The summed E-state index contributed by atoms with van der Waals surface area (Å²) in [5, 5.41) is 164. The van der Waals surface area contributed by atoms with E-state index in [2.05, 4.69) is 0 Å². The Labute approximate surface area is 274 Å². The predicted molar refractivity (Wildman–Crippen MR) is 149 cm³/mol. The van der Waals surface area contributed by atoms with Crippen molar-refractivity contribution >= 4 is 36.8 Å². The zero-order valence-electron chi connectivity index (χ0n) is 25.1. The summed E-state index contributed by atoms with van der Waals surface area (Å²) in [6.45, 7) is -2.28. The highest BCUT2D eigenvalue weighted by Gasteiger charge is 2.41. The third-order valence-electron chi connectivity index (χ3n) is 5.55. The molecule has 0 heterocycles. The lowest BCUT2D eigenvalue weighted by atomic mass is 9.96. The molecule has 0 aromatic rings. The number of aldehydes is 3. The molecule has 0 radical (unpaired) electrons. The van der Waals surface area contributed by atoms with Crippen LogP contribution in [-0.4, -0.2) is 232 Å². The molecule has 12 atom stereocenters. The Morgan fingerprint density at radius 2 is 0.653 bits per heavy atom. The van der Waals surface area contributed by atoms with Gasteiger partial charge in [-0.3, -0.25) is 9.59 Å². The monoisotopic (exact) mass is 732 g/mol. The first-order chi connectivity index (χ1) is 22.4. The molecule has 0 unspecified atom stereocenters. The Bertz CT molecular complexity index is 856. The van der Waals surface area contributed by atoms with Crippen molar-refractivity contribution in [1.82, 2.24) is 0 Å². The van der Waals surface area contributed by atoms with Gasteiger partial charge in [0.15, 0.2) is 24.5 Å². The average Bonchev–Trinajstić information content (AvgIpc) is 3.07. The van der Waals surface area contributed by atoms with Gasteiger partial charge >= 0.3 is 17.9 Å². The van der Waals surface area contributed by atoms with Gasteiger partial charge in [0.2, 0.25) is 0 Å². The zero-order chi connectivity index (χ0) is 39.8. The average molecular weight is 733 g/mol. The van der Waals surface area contributed by atoms with Crippen molar-refractivity contribution in [3.8, 4) is 0 Å². The Morgan fingerprint density at radius 1 is 0.449 bits per heavy atom. The van der Waals surface area contributed by atoms with Crippen LogP contribution in [0.15, 0.2) is 0 Å². The summed E-state index contributed by atoms with van der Waals surface area (Å²) in [6, 6.07) is 0. The van der Waals surface area contributed by atoms with Crippen molar-refractivity contribution in [2.45, 2.75) is 91.7 Å². The summed E-state index contributed by atoms with van der Waals surface area (Å²) < 4.78 is 0. The van der Waals surface area contributed by atoms with E-state index >= 15 is 0 Å². The lowest BCUT2D eigenvalue weighted by Gasteiger charge is -2.22. The number of carboxylic acid groups (broad SMARTS) is 3. The Kier molecular flexibility index (Phi) is 29.6. The van der Waals surface area contributed by atoms with E-state index in [1.54, 1.807) is 0 Å². The molecule has 0 saturated carbocycles. The van der Waals surface area contributed by atoms with Crippen LogP contribution in [0, 0.1) is 0 Å². The van der Waals surface area contributed by atoms with Crippen LogP contribution in [0.1, 0.15) is 12.8 Å². The van der Waals surface area contributed by atoms with E-state index in [1.165, 1.54) is 0 Å². The molecule has 0 aliphatic heterocycles. The van der Waals surface area contributed by atoms with Crippen LogP contribution in [-0.2, 0) is 28.8 Å². The number of carboxylic acids is 3. The number of carbonyl (C=O) groups excluding carboxylic acids is 3. The van der Waals surface area contributed by atoms with Crippen LogP contribution in [0.5, 0.6) is 0 Å². The van der Waals surface area contributed by atoms with Gasteiger partial charge in [0.1, 0.15) is 73.2 Å². The van der Waals surface area contributed by atoms with Gasteiger partial charge in [-0.05, 0) is 0 Å². The smallest absolute Gasteiger partial charge is 0.336 e. The fourth-order valence-electron chi connectivity index (χ4n) is 2.57. The largest absolute Gasteiger partial charge is 0.481 e. The van der Waals surface area contributed by atoms with Crippen LogP contribution in [0.4, 0.5) is 0 Å². The van der Waals surface area contributed by atoms with Gasteiger partial charge in [-0.15, -0.1) is 0 Å². The highest BCUT2D eigenvalue weighted by Crippen LogP contribution is 2.15. The summed E-state index contributed by atoms with van der Waals surface area (Å²) in [5.74, 6) is -5.02. The summed E-state index contributed by atoms with van der Waals surface area (Å²) in [4.78, 5) is 60.2. The number of rotatable bonds is 20. The second kappa shape index (κ2) is 27.6. The van der Waals surface area contributed by atoms with Crippen molar-refractivity contribution in [3.05, 3.63) is 0 Å². The molecule has 0 fully saturated rings. The number of hydrogen-bond acceptors (Lipinski definition) is 22. The number of aliphatic carboxylic acids is 3. The van der Waals surface area contributed by atoms with E-state index in [0.717, 1.165) is 0 Å². The summed E-state index contributed by atoms with van der Waals surface area (Å²) in [7, 11) is 0. The van der Waals surface area contributed by atoms with Crippen molar-refractivity contribution in [3.63, 3.8) is 0 Å². The molecule has 49 heavy (non-hydrogen) atoms. The van der Waals surface area contributed by atoms with Gasteiger partial charge in [0.25, 0.3) is 0 Å². The molecule has 0 saturated heterocycles. The minimum atomic E-state index is -2.74. The molecule has 0 spiro atoms. The normalized spacial score (nSPS) is 18.4. The van der Waals surface area contributed by atoms with Crippen LogP contribution < -0.4 is 0 Å². The van der Waals surface area contributed by atoms with Crippen LogP contribution >= 0.6 is 0 Å². The molecule has 0 aromatic carbocycles. The second-order valence-electron chi connectivity index (χ2n) is 9.55.